The van der Waals surface area contributed by atoms with Crippen LogP contribution in [0, 0.1) is 0 Å². The normalized spacial score (nSPS) is 11.6. The second-order valence-electron chi connectivity index (χ2n) is 4.88. The number of rotatable bonds is 3. The van der Waals surface area contributed by atoms with E-state index in [-0.39, 0.29) is 17.4 Å². The number of carbonyl (C=O) groups is 1. The summed E-state index contributed by atoms with van der Waals surface area (Å²) in [5.41, 5.74) is -0.378. The van der Waals surface area contributed by atoms with E-state index in [9.17, 15) is 18.0 Å². The Morgan fingerprint density at radius 1 is 1.22 bits per heavy atom. The van der Waals surface area contributed by atoms with Gasteiger partial charge < -0.3 is 5.32 Å². The molecule has 1 N–H and O–H groups in total. The Kier molecular flexibility index (Phi) is 4.04. The third-order valence-corrected chi connectivity index (χ3v) is 4.07. The summed E-state index contributed by atoms with van der Waals surface area (Å²) in [4.78, 5) is 16.2. The molecular weight excluding hydrogens is 325 g/mol. The van der Waals surface area contributed by atoms with Gasteiger partial charge in [-0.2, -0.15) is 24.5 Å². The minimum absolute atomic E-state index is 0.0804. The molecule has 0 saturated carbocycles. The fourth-order valence-corrected chi connectivity index (χ4v) is 2.96. The molecule has 0 aliphatic rings. The van der Waals surface area contributed by atoms with Crippen LogP contribution in [0.15, 0.2) is 47.3 Å². The number of alkyl halides is 3. The molecule has 0 atom stereocenters. The van der Waals surface area contributed by atoms with Gasteiger partial charge in [0.2, 0.25) is 0 Å². The molecule has 118 valence electrons. The van der Waals surface area contributed by atoms with Crippen LogP contribution >= 0.6 is 11.3 Å². The van der Waals surface area contributed by atoms with Crippen LogP contribution in [0.1, 0.15) is 21.5 Å². The first-order chi connectivity index (χ1) is 11.0. The predicted octanol–water partition coefficient (Wildman–Crippen LogP) is 4.25. The molecule has 1 amide bonds. The smallest absolute Gasteiger partial charge is 0.348 e. The molecule has 0 spiro atoms. The number of pyridine rings is 1. The highest BCUT2D eigenvalue weighted by Gasteiger charge is 2.37. The monoisotopic (exact) mass is 336 g/mol. The molecule has 2 heterocycles. The van der Waals surface area contributed by atoms with Gasteiger partial charge in [0.25, 0.3) is 5.91 Å². The maximum Gasteiger partial charge on any atom is 0.417 e. The summed E-state index contributed by atoms with van der Waals surface area (Å²) in [7, 11) is 0. The zero-order valence-corrected chi connectivity index (χ0v) is 12.5. The Morgan fingerprint density at radius 3 is 2.70 bits per heavy atom. The molecule has 0 unspecified atom stereocenters. The number of para-hydroxylation sites is 1. The van der Waals surface area contributed by atoms with E-state index in [4.69, 9.17) is 0 Å². The second-order valence-corrected chi connectivity index (χ2v) is 5.66. The zero-order chi connectivity index (χ0) is 16.4. The van der Waals surface area contributed by atoms with Crippen LogP contribution in [0.2, 0.25) is 0 Å². The molecule has 0 saturated heterocycles. The van der Waals surface area contributed by atoms with Gasteiger partial charge in [0.15, 0.2) is 0 Å². The summed E-state index contributed by atoms with van der Waals surface area (Å²) in [6.07, 6.45) is -3.66. The van der Waals surface area contributed by atoms with Crippen molar-refractivity contribution in [2.75, 3.05) is 0 Å². The van der Waals surface area contributed by atoms with Gasteiger partial charge in [0.1, 0.15) is 0 Å². The lowest BCUT2D eigenvalue weighted by Gasteiger charge is -2.15. The van der Waals surface area contributed by atoms with E-state index in [1.165, 1.54) is 29.5 Å². The van der Waals surface area contributed by atoms with Gasteiger partial charge in [-0.15, -0.1) is 0 Å². The summed E-state index contributed by atoms with van der Waals surface area (Å²) < 4.78 is 40.3. The number of thiophene rings is 1. The quantitative estimate of drug-likeness (QED) is 0.777. The standard InChI is InChI=1S/C16H11F3N2OS/c17-16(18,19)14-11-3-1-2-4-13(11)20-8-12(14)15(22)21-7-10-5-6-23-9-10/h1-6,8-9H,7H2,(H,21,22). The molecule has 3 rings (SSSR count). The summed E-state index contributed by atoms with van der Waals surface area (Å²) in [6.45, 7) is 0.173. The van der Waals surface area contributed by atoms with Crippen LogP contribution in [-0.2, 0) is 12.7 Å². The lowest BCUT2D eigenvalue weighted by Crippen LogP contribution is -2.26. The summed E-state index contributed by atoms with van der Waals surface area (Å²) in [5, 5.41) is 6.08. The first kappa shape index (κ1) is 15.5. The van der Waals surface area contributed by atoms with Crippen molar-refractivity contribution >= 4 is 28.1 Å². The van der Waals surface area contributed by atoms with Crippen molar-refractivity contribution in [2.24, 2.45) is 0 Å². The first-order valence-corrected chi connectivity index (χ1v) is 7.65. The van der Waals surface area contributed by atoms with Crippen LogP contribution in [0.3, 0.4) is 0 Å². The number of nitrogens with zero attached hydrogens (tertiary/aromatic N) is 1. The number of halogens is 3. The van der Waals surface area contributed by atoms with Gasteiger partial charge in [-0.3, -0.25) is 9.78 Å². The maximum absolute atomic E-state index is 13.4. The van der Waals surface area contributed by atoms with Crippen molar-refractivity contribution in [3.63, 3.8) is 0 Å². The van der Waals surface area contributed by atoms with E-state index in [1.807, 2.05) is 10.8 Å². The van der Waals surface area contributed by atoms with Crippen molar-refractivity contribution < 1.29 is 18.0 Å². The van der Waals surface area contributed by atoms with Crippen LogP contribution < -0.4 is 5.32 Å². The number of hydrogen-bond acceptors (Lipinski definition) is 3. The number of amides is 1. The van der Waals surface area contributed by atoms with Gasteiger partial charge >= 0.3 is 6.18 Å². The van der Waals surface area contributed by atoms with E-state index in [0.717, 1.165) is 11.8 Å². The zero-order valence-electron chi connectivity index (χ0n) is 11.7. The average molecular weight is 336 g/mol. The van der Waals surface area contributed by atoms with E-state index in [0.29, 0.717) is 0 Å². The lowest BCUT2D eigenvalue weighted by molar-refractivity contribution is -0.136. The minimum Gasteiger partial charge on any atom is -0.348 e. The highest BCUT2D eigenvalue weighted by atomic mass is 32.1. The molecule has 0 bridgehead atoms. The third kappa shape index (κ3) is 3.19. The highest BCUT2D eigenvalue weighted by Crippen LogP contribution is 2.36. The van der Waals surface area contributed by atoms with Crippen molar-refractivity contribution in [3.05, 3.63) is 64.0 Å². The fraction of sp³-hybridized carbons (Fsp3) is 0.125. The molecule has 3 nitrogen and oxygen atoms in total. The number of fused-ring (bicyclic) bond motifs is 1. The van der Waals surface area contributed by atoms with Crippen LogP contribution in [-0.4, -0.2) is 10.9 Å². The number of aromatic nitrogens is 1. The fourth-order valence-electron chi connectivity index (χ4n) is 2.29. The molecule has 0 aliphatic heterocycles. The molecule has 0 radical (unpaired) electrons. The largest absolute Gasteiger partial charge is 0.417 e. The van der Waals surface area contributed by atoms with E-state index in [1.54, 1.807) is 12.1 Å². The van der Waals surface area contributed by atoms with Crippen LogP contribution in [0.4, 0.5) is 13.2 Å². The maximum atomic E-state index is 13.4. The Balaban J connectivity index is 2.01. The van der Waals surface area contributed by atoms with E-state index >= 15 is 0 Å². The van der Waals surface area contributed by atoms with Crippen molar-refractivity contribution in [1.82, 2.24) is 10.3 Å². The Morgan fingerprint density at radius 2 is 2.00 bits per heavy atom. The van der Waals surface area contributed by atoms with Crippen LogP contribution in [0.25, 0.3) is 10.9 Å². The number of hydrogen-bond donors (Lipinski definition) is 1. The summed E-state index contributed by atoms with van der Waals surface area (Å²) in [6, 6.07) is 7.70. The number of carbonyl (C=O) groups excluding carboxylic acids is 1. The molecule has 7 heteroatoms. The Hall–Kier alpha value is -2.41. The van der Waals surface area contributed by atoms with Crippen LogP contribution in [0.5, 0.6) is 0 Å². The first-order valence-electron chi connectivity index (χ1n) is 6.71. The molecule has 0 aliphatic carbocycles. The molecular formula is C16H11F3N2OS. The van der Waals surface area contributed by atoms with Gasteiger partial charge in [0.05, 0.1) is 16.6 Å². The van der Waals surface area contributed by atoms with Crippen molar-refractivity contribution in [1.29, 1.82) is 0 Å². The second kappa shape index (κ2) is 6.00. The van der Waals surface area contributed by atoms with Gasteiger partial charge in [-0.1, -0.05) is 18.2 Å². The summed E-state index contributed by atoms with van der Waals surface area (Å²) >= 11 is 1.45. The molecule has 2 aromatic heterocycles. The Bertz CT molecular complexity index is 844. The average Bonchev–Trinajstić information content (AvgIpc) is 3.04. The third-order valence-electron chi connectivity index (χ3n) is 3.34. The minimum atomic E-state index is -4.64. The molecule has 3 aromatic rings. The highest BCUT2D eigenvalue weighted by molar-refractivity contribution is 7.07. The van der Waals surface area contributed by atoms with Gasteiger partial charge in [0, 0.05) is 18.1 Å². The van der Waals surface area contributed by atoms with E-state index in [2.05, 4.69) is 10.3 Å². The van der Waals surface area contributed by atoms with Crippen molar-refractivity contribution in [3.8, 4) is 0 Å². The van der Waals surface area contributed by atoms with Gasteiger partial charge in [-0.05, 0) is 28.5 Å². The SMILES string of the molecule is O=C(NCc1ccsc1)c1cnc2ccccc2c1C(F)(F)F. The molecule has 1 aromatic carbocycles. The van der Waals surface area contributed by atoms with Crippen molar-refractivity contribution in [2.45, 2.75) is 12.7 Å². The number of benzene rings is 1. The Labute approximate surface area is 133 Å². The molecule has 0 fully saturated rings. The van der Waals surface area contributed by atoms with E-state index < -0.39 is 23.2 Å². The van der Waals surface area contributed by atoms with Gasteiger partial charge in [-0.25, -0.2) is 0 Å². The summed E-state index contributed by atoms with van der Waals surface area (Å²) in [5.74, 6) is -0.790. The lowest BCUT2D eigenvalue weighted by atomic mass is 10.0. The topological polar surface area (TPSA) is 42.0 Å². The molecule has 23 heavy (non-hydrogen) atoms. The predicted molar refractivity (Wildman–Crippen MR) is 82.2 cm³/mol. The number of nitrogens with one attached hydrogen (secondary N) is 1.